The summed E-state index contributed by atoms with van der Waals surface area (Å²) in [5.41, 5.74) is 3.32. The third-order valence-corrected chi connectivity index (χ3v) is 13.8. The Morgan fingerprint density at radius 3 is 1.97 bits per heavy atom. The maximum absolute atomic E-state index is 6.90. The van der Waals surface area contributed by atoms with Crippen LogP contribution in [0.2, 0.25) is 16.6 Å². The molecule has 5 atom stereocenters. The SMILES string of the molecule is CO[C@@]1(c2ccccc2)O[C@@H]2O[C@H](CO[Si](C(C)C)(C(C)C)C(C)C)[C@@H](OCc3ccccc3)[C@@H]2O1. The van der Waals surface area contributed by atoms with Crippen LogP contribution in [0, 0.1) is 0 Å². The van der Waals surface area contributed by atoms with Crippen LogP contribution in [-0.4, -0.2) is 46.6 Å². The number of hydrogen-bond acceptors (Lipinski definition) is 6. The maximum atomic E-state index is 6.90. The Labute approximate surface area is 217 Å². The molecule has 0 saturated carbocycles. The van der Waals surface area contributed by atoms with Gasteiger partial charge in [-0.2, -0.15) is 0 Å². The Hall–Kier alpha value is -1.58. The first kappa shape index (κ1) is 27.5. The Morgan fingerprint density at radius 2 is 1.42 bits per heavy atom. The van der Waals surface area contributed by atoms with E-state index in [1.165, 1.54) is 0 Å². The molecular weight excluding hydrogens is 472 g/mol. The zero-order chi connectivity index (χ0) is 25.9. The summed E-state index contributed by atoms with van der Waals surface area (Å²) in [6.07, 6.45) is -1.74. The van der Waals surface area contributed by atoms with E-state index in [1.54, 1.807) is 7.11 Å². The number of methoxy groups -OCH3 is 1. The molecule has 2 aliphatic rings. The monoisotopic (exact) mass is 514 g/mol. The summed E-state index contributed by atoms with van der Waals surface area (Å²) in [7, 11) is -0.492. The lowest BCUT2D eigenvalue weighted by Gasteiger charge is -2.43. The van der Waals surface area contributed by atoms with Gasteiger partial charge in [0.1, 0.15) is 18.3 Å². The molecule has 2 heterocycles. The van der Waals surface area contributed by atoms with Crippen molar-refractivity contribution in [3.05, 3.63) is 71.8 Å². The minimum atomic E-state index is -2.08. The van der Waals surface area contributed by atoms with Gasteiger partial charge in [-0.25, -0.2) is 0 Å². The second kappa shape index (κ2) is 11.4. The average Bonchev–Trinajstić information content (AvgIpc) is 3.39. The van der Waals surface area contributed by atoms with Crippen LogP contribution in [0.1, 0.15) is 52.7 Å². The Bertz CT molecular complexity index is 931. The van der Waals surface area contributed by atoms with E-state index in [2.05, 4.69) is 53.7 Å². The van der Waals surface area contributed by atoms with Gasteiger partial charge in [0.25, 0.3) is 0 Å². The molecule has 0 spiro atoms. The minimum Gasteiger partial charge on any atom is -0.413 e. The molecule has 0 bridgehead atoms. The zero-order valence-electron chi connectivity index (χ0n) is 22.7. The van der Waals surface area contributed by atoms with E-state index < -0.39 is 26.7 Å². The summed E-state index contributed by atoms with van der Waals surface area (Å²) in [5, 5.41) is 0. The van der Waals surface area contributed by atoms with Crippen molar-refractivity contribution >= 4 is 8.32 Å². The van der Waals surface area contributed by atoms with Gasteiger partial charge in [-0.3, -0.25) is 4.74 Å². The molecule has 0 aliphatic carbocycles. The minimum absolute atomic E-state index is 0.308. The van der Waals surface area contributed by atoms with Gasteiger partial charge in [-0.15, -0.1) is 0 Å². The number of ether oxygens (including phenoxy) is 5. The fourth-order valence-electron chi connectivity index (χ4n) is 6.09. The van der Waals surface area contributed by atoms with E-state index >= 15 is 0 Å². The number of hydrogen-bond donors (Lipinski definition) is 0. The molecule has 0 amide bonds. The van der Waals surface area contributed by atoms with Crippen LogP contribution in [0.5, 0.6) is 0 Å². The van der Waals surface area contributed by atoms with Gasteiger partial charge in [-0.05, 0) is 22.2 Å². The van der Waals surface area contributed by atoms with Crippen LogP contribution in [0.15, 0.2) is 60.7 Å². The van der Waals surface area contributed by atoms with E-state index in [0.29, 0.717) is 29.8 Å². The lowest BCUT2D eigenvalue weighted by atomic mass is 10.1. The molecule has 198 valence electrons. The predicted octanol–water partition coefficient (Wildman–Crippen LogP) is 6.36. The van der Waals surface area contributed by atoms with Crippen LogP contribution < -0.4 is 0 Å². The molecule has 36 heavy (non-hydrogen) atoms. The van der Waals surface area contributed by atoms with Gasteiger partial charge >= 0.3 is 5.97 Å². The van der Waals surface area contributed by atoms with Crippen LogP contribution >= 0.6 is 0 Å². The Kier molecular flexibility index (Phi) is 8.72. The van der Waals surface area contributed by atoms with E-state index in [9.17, 15) is 0 Å². The first-order valence-corrected chi connectivity index (χ1v) is 15.3. The van der Waals surface area contributed by atoms with E-state index in [1.807, 2.05) is 48.5 Å². The highest BCUT2D eigenvalue weighted by molar-refractivity contribution is 6.77. The van der Waals surface area contributed by atoms with Gasteiger partial charge < -0.3 is 23.4 Å². The summed E-state index contributed by atoms with van der Waals surface area (Å²) < 4.78 is 38.4. The molecule has 7 heteroatoms. The van der Waals surface area contributed by atoms with Crippen molar-refractivity contribution in [3.8, 4) is 0 Å². The first-order chi connectivity index (χ1) is 17.2. The first-order valence-electron chi connectivity index (χ1n) is 13.1. The van der Waals surface area contributed by atoms with Gasteiger partial charge in [0, 0.05) is 12.7 Å². The third kappa shape index (κ3) is 5.20. The fraction of sp³-hybridized carbons (Fsp3) is 0.586. The van der Waals surface area contributed by atoms with E-state index in [0.717, 1.165) is 11.1 Å². The molecule has 2 aliphatic heterocycles. The van der Waals surface area contributed by atoms with Gasteiger partial charge in [0.15, 0.2) is 14.6 Å². The van der Waals surface area contributed by atoms with Crippen molar-refractivity contribution < 1.29 is 28.1 Å². The quantitative estimate of drug-likeness (QED) is 0.325. The van der Waals surface area contributed by atoms with E-state index in [-0.39, 0.29) is 12.2 Å². The van der Waals surface area contributed by atoms with Crippen LogP contribution in [0.4, 0.5) is 0 Å². The molecule has 4 rings (SSSR count). The number of fused-ring (bicyclic) bond motifs is 1. The number of rotatable bonds is 11. The molecule has 0 unspecified atom stereocenters. The standard InChI is InChI=1S/C29H42O6Si/c1-20(2)36(21(3)4,22(5)6)32-19-25-26(31-18-23-14-10-8-11-15-23)27-28(33-25)35-29(30-7,34-27)24-16-12-9-13-17-24/h8-17,20-22,25-28H,18-19H2,1-7H3/t25-,26-,27+,28+,29-/m1/s1. The van der Waals surface area contributed by atoms with Gasteiger partial charge in [-0.1, -0.05) is 102 Å². The summed E-state index contributed by atoms with van der Waals surface area (Å²) in [4.78, 5) is 0. The number of benzene rings is 2. The molecule has 6 nitrogen and oxygen atoms in total. The second-order valence-electron chi connectivity index (χ2n) is 10.8. The highest BCUT2D eigenvalue weighted by atomic mass is 28.4. The van der Waals surface area contributed by atoms with Crippen LogP contribution in [0.3, 0.4) is 0 Å². The zero-order valence-corrected chi connectivity index (χ0v) is 23.7. The Morgan fingerprint density at radius 1 is 0.833 bits per heavy atom. The second-order valence-corrected chi connectivity index (χ2v) is 16.2. The maximum Gasteiger partial charge on any atom is 0.314 e. The molecular formula is C29H42O6Si. The van der Waals surface area contributed by atoms with Crippen molar-refractivity contribution in [3.63, 3.8) is 0 Å². The normalized spacial score (nSPS) is 28.4. The van der Waals surface area contributed by atoms with Crippen molar-refractivity contribution in [1.82, 2.24) is 0 Å². The average molecular weight is 515 g/mol. The lowest BCUT2D eigenvalue weighted by molar-refractivity contribution is -0.368. The van der Waals surface area contributed by atoms with Crippen LogP contribution in [-0.2, 0) is 40.7 Å². The molecule has 0 N–H and O–H groups in total. The Balaban J connectivity index is 1.56. The molecule has 2 saturated heterocycles. The van der Waals surface area contributed by atoms with Crippen molar-refractivity contribution in [2.45, 2.75) is 95.3 Å². The van der Waals surface area contributed by atoms with Crippen molar-refractivity contribution in [2.75, 3.05) is 13.7 Å². The molecule has 0 radical (unpaired) electrons. The van der Waals surface area contributed by atoms with Crippen LogP contribution in [0.25, 0.3) is 0 Å². The third-order valence-electron chi connectivity index (χ3n) is 7.72. The molecule has 2 aromatic carbocycles. The summed E-state index contributed by atoms with van der Waals surface area (Å²) >= 11 is 0. The van der Waals surface area contributed by atoms with Crippen molar-refractivity contribution in [2.24, 2.45) is 0 Å². The van der Waals surface area contributed by atoms with E-state index in [4.69, 9.17) is 28.1 Å². The molecule has 2 aromatic rings. The summed E-state index contributed by atoms with van der Waals surface area (Å²) in [6, 6.07) is 19.8. The van der Waals surface area contributed by atoms with Crippen molar-refractivity contribution in [1.29, 1.82) is 0 Å². The predicted molar refractivity (Wildman–Crippen MR) is 142 cm³/mol. The smallest absolute Gasteiger partial charge is 0.314 e. The summed E-state index contributed by atoms with van der Waals surface area (Å²) in [5.74, 6) is -1.33. The highest BCUT2D eigenvalue weighted by Crippen LogP contribution is 2.46. The van der Waals surface area contributed by atoms with Gasteiger partial charge in [0.2, 0.25) is 0 Å². The fourth-order valence-corrected chi connectivity index (χ4v) is 11.5. The molecule has 0 aromatic heterocycles. The topological polar surface area (TPSA) is 55.4 Å². The summed E-state index contributed by atoms with van der Waals surface area (Å²) in [6.45, 7) is 14.6. The largest absolute Gasteiger partial charge is 0.413 e. The van der Waals surface area contributed by atoms with Gasteiger partial charge in [0.05, 0.1) is 13.2 Å². The highest BCUT2D eigenvalue weighted by Gasteiger charge is 2.60. The molecule has 2 fully saturated rings. The lowest BCUT2D eigenvalue weighted by Crippen LogP contribution is -2.50.